The maximum atomic E-state index is 13.0. The van der Waals surface area contributed by atoms with Crippen molar-refractivity contribution in [2.75, 3.05) is 13.2 Å². The van der Waals surface area contributed by atoms with Gasteiger partial charge in [-0.05, 0) is 43.2 Å². The average Bonchev–Trinajstić information content (AvgIpc) is 2.65. The van der Waals surface area contributed by atoms with Crippen molar-refractivity contribution in [3.63, 3.8) is 0 Å². The highest BCUT2D eigenvalue weighted by molar-refractivity contribution is 5.95. The highest BCUT2D eigenvalue weighted by atomic mass is 19.4. The third-order valence-electron chi connectivity index (χ3n) is 3.90. The van der Waals surface area contributed by atoms with E-state index in [1.54, 1.807) is 24.3 Å². The number of hydrogen-bond donors (Lipinski definition) is 2. The first-order chi connectivity index (χ1) is 13.2. The molecule has 2 rings (SSSR count). The molecular formula is C19H19F3N2O4. The van der Waals surface area contributed by atoms with Gasteiger partial charge in [-0.25, -0.2) is 0 Å². The number of nitrogens with zero attached hydrogens (tertiary/aromatic N) is 1. The Morgan fingerprint density at radius 3 is 2.46 bits per heavy atom. The number of pyridine rings is 1. The number of carbonyl (C=O) groups is 2. The number of hydrogen-bond acceptors (Lipinski definition) is 4. The molecule has 1 unspecified atom stereocenters. The SMILES string of the molecule is CCOc1ccc(CC(CNC(=O)c2cccnc2C(F)(F)F)C(=O)O)cc1. The van der Waals surface area contributed by atoms with Crippen LogP contribution in [0.15, 0.2) is 42.6 Å². The molecule has 1 amide bonds. The number of aromatic nitrogens is 1. The molecule has 0 aliphatic rings. The molecule has 2 aromatic rings. The summed E-state index contributed by atoms with van der Waals surface area (Å²) in [6.45, 7) is 2.01. The maximum Gasteiger partial charge on any atom is 0.434 e. The summed E-state index contributed by atoms with van der Waals surface area (Å²) in [5, 5.41) is 11.6. The summed E-state index contributed by atoms with van der Waals surface area (Å²) in [6.07, 6.45) is -3.75. The minimum atomic E-state index is -4.79. The molecule has 2 N–H and O–H groups in total. The second-order valence-electron chi connectivity index (χ2n) is 5.92. The Hall–Kier alpha value is -3.10. The predicted molar refractivity (Wildman–Crippen MR) is 94.0 cm³/mol. The van der Waals surface area contributed by atoms with Gasteiger partial charge in [0.15, 0.2) is 5.69 Å². The minimum Gasteiger partial charge on any atom is -0.494 e. The van der Waals surface area contributed by atoms with Crippen molar-refractivity contribution in [1.82, 2.24) is 10.3 Å². The molecular weight excluding hydrogens is 377 g/mol. The van der Waals surface area contributed by atoms with E-state index in [0.29, 0.717) is 17.9 Å². The third kappa shape index (κ3) is 5.70. The molecule has 0 aliphatic carbocycles. The van der Waals surface area contributed by atoms with Gasteiger partial charge in [-0.15, -0.1) is 0 Å². The van der Waals surface area contributed by atoms with E-state index in [9.17, 15) is 27.9 Å². The van der Waals surface area contributed by atoms with Crippen molar-refractivity contribution >= 4 is 11.9 Å². The van der Waals surface area contributed by atoms with Crippen molar-refractivity contribution in [3.05, 3.63) is 59.4 Å². The zero-order valence-corrected chi connectivity index (χ0v) is 15.0. The van der Waals surface area contributed by atoms with E-state index in [-0.39, 0.29) is 13.0 Å². The lowest BCUT2D eigenvalue weighted by Crippen LogP contribution is -2.35. The Balaban J connectivity index is 2.06. The summed E-state index contributed by atoms with van der Waals surface area (Å²) in [7, 11) is 0. The van der Waals surface area contributed by atoms with Crippen LogP contribution in [0.4, 0.5) is 13.2 Å². The molecule has 0 spiro atoms. The fourth-order valence-electron chi connectivity index (χ4n) is 2.55. The Kier molecular flexibility index (Phi) is 6.97. The molecule has 0 fully saturated rings. The van der Waals surface area contributed by atoms with Crippen molar-refractivity contribution < 1.29 is 32.6 Å². The van der Waals surface area contributed by atoms with Crippen molar-refractivity contribution in [1.29, 1.82) is 0 Å². The zero-order chi connectivity index (χ0) is 20.7. The molecule has 0 bridgehead atoms. The van der Waals surface area contributed by atoms with Crippen LogP contribution in [0.3, 0.4) is 0 Å². The molecule has 1 aromatic carbocycles. The number of carboxylic acids is 1. The first-order valence-corrected chi connectivity index (χ1v) is 8.47. The van der Waals surface area contributed by atoms with Crippen LogP contribution in [0.2, 0.25) is 0 Å². The number of carboxylic acid groups (broad SMARTS) is 1. The number of rotatable bonds is 8. The molecule has 0 radical (unpaired) electrons. The lowest BCUT2D eigenvalue weighted by atomic mass is 9.99. The van der Waals surface area contributed by atoms with Crippen molar-refractivity contribution in [3.8, 4) is 5.75 Å². The van der Waals surface area contributed by atoms with E-state index in [4.69, 9.17) is 4.74 Å². The Bertz CT molecular complexity index is 823. The third-order valence-corrected chi connectivity index (χ3v) is 3.90. The van der Waals surface area contributed by atoms with Crippen LogP contribution in [0.1, 0.15) is 28.5 Å². The predicted octanol–water partition coefficient (Wildman–Crippen LogP) is 3.17. The Morgan fingerprint density at radius 1 is 1.21 bits per heavy atom. The monoisotopic (exact) mass is 396 g/mol. The standard InChI is InChI=1S/C19H19F3N2O4/c1-2-28-14-7-5-12(6-8-14)10-13(18(26)27)11-24-17(25)15-4-3-9-23-16(15)19(20,21)22/h3-9,13H,2,10-11H2,1H3,(H,24,25)(H,26,27). The van der Waals surface area contributed by atoms with E-state index < -0.39 is 35.2 Å². The summed E-state index contributed by atoms with van der Waals surface area (Å²) in [5.74, 6) is -2.56. The van der Waals surface area contributed by atoms with E-state index >= 15 is 0 Å². The summed E-state index contributed by atoms with van der Waals surface area (Å²) in [5.41, 5.74) is -1.27. The summed E-state index contributed by atoms with van der Waals surface area (Å²) >= 11 is 0. The lowest BCUT2D eigenvalue weighted by molar-refractivity contribution is -0.142. The average molecular weight is 396 g/mol. The second-order valence-corrected chi connectivity index (χ2v) is 5.92. The Labute approximate surface area is 159 Å². The van der Waals surface area contributed by atoms with E-state index in [2.05, 4.69) is 10.3 Å². The number of nitrogens with one attached hydrogen (secondary N) is 1. The quantitative estimate of drug-likeness (QED) is 0.716. The largest absolute Gasteiger partial charge is 0.494 e. The van der Waals surface area contributed by atoms with Crippen molar-refractivity contribution in [2.24, 2.45) is 5.92 Å². The number of halogens is 3. The van der Waals surface area contributed by atoms with Crippen LogP contribution in [-0.2, 0) is 17.4 Å². The van der Waals surface area contributed by atoms with Crippen LogP contribution in [0, 0.1) is 5.92 Å². The zero-order valence-electron chi connectivity index (χ0n) is 15.0. The van der Waals surface area contributed by atoms with Crippen LogP contribution in [-0.4, -0.2) is 35.1 Å². The first-order valence-electron chi connectivity index (χ1n) is 8.47. The van der Waals surface area contributed by atoms with Crippen LogP contribution < -0.4 is 10.1 Å². The van der Waals surface area contributed by atoms with Gasteiger partial charge in [0.2, 0.25) is 0 Å². The van der Waals surface area contributed by atoms with Gasteiger partial charge in [-0.3, -0.25) is 14.6 Å². The second kappa shape index (κ2) is 9.20. The van der Waals surface area contributed by atoms with Gasteiger partial charge < -0.3 is 15.2 Å². The van der Waals surface area contributed by atoms with Gasteiger partial charge in [0.1, 0.15) is 5.75 Å². The summed E-state index contributed by atoms with van der Waals surface area (Å²) in [4.78, 5) is 26.8. The molecule has 0 aliphatic heterocycles. The van der Waals surface area contributed by atoms with Crippen molar-refractivity contribution in [2.45, 2.75) is 19.5 Å². The maximum absolute atomic E-state index is 13.0. The molecule has 6 nitrogen and oxygen atoms in total. The van der Waals surface area contributed by atoms with Gasteiger partial charge >= 0.3 is 12.1 Å². The molecule has 1 atom stereocenters. The number of amides is 1. The van der Waals surface area contributed by atoms with Crippen LogP contribution in [0.25, 0.3) is 0 Å². The summed E-state index contributed by atoms with van der Waals surface area (Å²) in [6, 6.07) is 8.99. The molecule has 150 valence electrons. The van der Waals surface area contributed by atoms with Gasteiger partial charge in [0.25, 0.3) is 5.91 Å². The molecule has 9 heteroatoms. The van der Waals surface area contributed by atoms with Gasteiger partial charge in [0.05, 0.1) is 18.1 Å². The number of alkyl halides is 3. The highest BCUT2D eigenvalue weighted by Gasteiger charge is 2.37. The first kappa shape index (κ1) is 21.2. The topological polar surface area (TPSA) is 88.5 Å². The van der Waals surface area contributed by atoms with Crippen LogP contribution >= 0.6 is 0 Å². The molecule has 0 saturated carbocycles. The van der Waals surface area contributed by atoms with E-state index in [1.165, 1.54) is 6.07 Å². The van der Waals surface area contributed by atoms with E-state index in [1.807, 2.05) is 6.92 Å². The molecule has 1 aromatic heterocycles. The molecule has 0 saturated heterocycles. The number of carbonyl (C=O) groups excluding carboxylic acids is 1. The van der Waals surface area contributed by atoms with Gasteiger partial charge in [0, 0.05) is 12.7 Å². The fraction of sp³-hybridized carbons (Fsp3) is 0.316. The smallest absolute Gasteiger partial charge is 0.434 e. The number of benzene rings is 1. The number of ether oxygens (including phenoxy) is 1. The molecule has 1 heterocycles. The number of aliphatic carboxylic acids is 1. The summed E-state index contributed by atoms with van der Waals surface area (Å²) < 4.78 is 44.2. The lowest BCUT2D eigenvalue weighted by Gasteiger charge is -2.15. The molecule has 28 heavy (non-hydrogen) atoms. The van der Waals surface area contributed by atoms with Gasteiger partial charge in [-0.1, -0.05) is 12.1 Å². The van der Waals surface area contributed by atoms with E-state index in [0.717, 1.165) is 12.3 Å². The Morgan fingerprint density at radius 2 is 1.89 bits per heavy atom. The fourth-order valence-corrected chi connectivity index (χ4v) is 2.55. The van der Waals surface area contributed by atoms with Gasteiger partial charge in [-0.2, -0.15) is 13.2 Å². The highest BCUT2D eigenvalue weighted by Crippen LogP contribution is 2.30. The van der Waals surface area contributed by atoms with Crippen LogP contribution in [0.5, 0.6) is 5.75 Å². The normalized spacial score (nSPS) is 12.3. The minimum absolute atomic E-state index is 0.0984.